The number of phenols is 2. The van der Waals surface area contributed by atoms with Crippen LogP contribution in [-0.4, -0.2) is 290 Å². The predicted molar refractivity (Wildman–Crippen MR) is 355 cm³/mol. The van der Waals surface area contributed by atoms with Gasteiger partial charge < -0.3 is 103 Å². The largest absolute Gasteiger partial charge is 0.508 e. The van der Waals surface area contributed by atoms with Crippen LogP contribution in [0.2, 0.25) is 0 Å². The zero-order valence-electron chi connectivity index (χ0n) is 56.6. The van der Waals surface area contributed by atoms with Crippen molar-refractivity contribution in [1.29, 1.82) is 0 Å². The minimum absolute atomic E-state index is 0.0547. The predicted octanol–water partition coefficient (Wildman–Crippen LogP) is -6.50. The van der Waals surface area contributed by atoms with Crippen LogP contribution in [-0.2, 0) is 94.3 Å². The van der Waals surface area contributed by atoms with E-state index in [0.29, 0.717) is 62.6 Å². The Morgan fingerprint density at radius 3 is 0.961 bits per heavy atom. The Morgan fingerprint density at radius 2 is 0.641 bits per heavy atom. The molecule has 2 aromatic rings. The number of rotatable bonds is 31. The summed E-state index contributed by atoms with van der Waals surface area (Å²) in [5.41, 5.74) is 6.49. The van der Waals surface area contributed by atoms with Crippen LogP contribution in [0.3, 0.4) is 0 Å². The second kappa shape index (κ2) is 36.5. The van der Waals surface area contributed by atoms with E-state index in [-0.39, 0.29) is 95.7 Å². The van der Waals surface area contributed by atoms with Gasteiger partial charge in [-0.1, -0.05) is 24.3 Å². The third-order valence-electron chi connectivity index (χ3n) is 19.0. The number of nitrogens with one attached hydrogen (secondary N) is 9. The van der Waals surface area contributed by atoms with Crippen LogP contribution in [0.5, 0.6) is 11.5 Å². The van der Waals surface area contributed by atoms with Crippen molar-refractivity contribution in [3.63, 3.8) is 0 Å². The number of hydrogen-bond donors (Lipinski definition) is 14. The van der Waals surface area contributed by atoms with Gasteiger partial charge >= 0.3 is 11.9 Å². The van der Waals surface area contributed by atoms with Crippen LogP contribution in [0.4, 0.5) is 0 Å². The summed E-state index contributed by atoms with van der Waals surface area (Å²) in [6.45, 7) is -3.22. The topological polar surface area (TPSA) is 525 Å². The first-order valence-electron chi connectivity index (χ1n) is 34.2. The van der Waals surface area contributed by atoms with Gasteiger partial charge in [0.25, 0.3) is 0 Å². The Kier molecular flexibility index (Phi) is 27.6. The van der Waals surface area contributed by atoms with Crippen molar-refractivity contribution in [2.24, 2.45) is 5.73 Å². The summed E-state index contributed by atoms with van der Waals surface area (Å²) >= 11 is 0. The molecule has 15 amide bonds. The number of nitrogens with two attached hydrogens (primary N) is 1. The van der Waals surface area contributed by atoms with Crippen molar-refractivity contribution in [3.05, 3.63) is 59.7 Å². The van der Waals surface area contributed by atoms with E-state index in [0.717, 1.165) is 9.80 Å². The molecule has 0 bridgehead atoms. The van der Waals surface area contributed by atoms with Crippen molar-refractivity contribution in [2.75, 3.05) is 85.1 Å². The maximum Gasteiger partial charge on any atom is 0.326 e. The molecular formula is C66H88N16O21. The molecule has 103 heavy (non-hydrogen) atoms. The SMILES string of the molecule is NCC(=O)N1CCC[C@H]1C(=O)NCC(=O)N1CCC[C@H]1C(=O)N[C@@H](Cc1ccc(O)cc1)C(=O)NCC(=O)N1CCC[C@H]1C(=O)NCC(=O)N1CCC[C@H]1C(=O)N[C@@H](Cc1ccc(O)cc1)C(=O)NCC(=O)N1CCC[C@H]1C(=O)NCC(=O)N[C@@H](CC(=O)O)C(=O)NCC(=O)N1CCC[C@H]1C(=O)O. The van der Waals surface area contributed by atoms with E-state index in [9.17, 15) is 102 Å². The number of aliphatic carboxylic acids is 2. The van der Waals surface area contributed by atoms with Gasteiger partial charge in [-0.25, -0.2) is 4.79 Å². The van der Waals surface area contributed by atoms with Crippen molar-refractivity contribution in [3.8, 4) is 11.5 Å². The molecule has 0 saturated carbocycles. The molecule has 6 saturated heterocycles. The second-order valence-corrected chi connectivity index (χ2v) is 25.9. The van der Waals surface area contributed by atoms with E-state index in [4.69, 9.17) is 5.73 Å². The van der Waals surface area contributed by atoms with Crippen molar-refractivity contribution in [2.45, 2.75) is 151 Å². The van der Waals surface area contributed by atoms with Crippen LogP contribution in [0.15, 0.2) is 48.5 Å². The summed E-state index contributed by atoms with van der Waals surface area (Å²) < 4.78 is 0. The van der Waals surface area contributed by atoms with Crippen molar-refractivity contribution >= 4 is 101 Å². The highest BCUT2D eigenvalue weighted by molar-refractivity contribution is 6.00. The molecule has 0 aromatic heterocycles. The van der Waals surface area contributed by atoms with Crippen LogP contribution in [0, 0.1) is 0 Å². The fourth-order valence-corrected chi connectivity index (χ4v) is 13.7. The maximum absolute atomic E-state index is 14.2. The average Bonchev–Trinajstić information content (AvgIpc) is 1.77. The highest BCUT2D eigenvalue weighted by Gasteiger charge is 2.42. The van der Waals surface area contributed by atoms with Crippen LogP contribution >= 0.6 is 0 Å². The third-order valence-corrected chi connectivity index (χ3v) is 19.0. The number of aromatic hydroxyl groups is 2. The number of amides is 15. The minimum Gasteiger partial charge on any atom is -0.508 e. The lowest BCUT2D eigenvalue weighted by molar-refractivity contribution is -0.148. The van der Waals surface area contributed by atoms with Crippen LogP contribution < -0.4 is 53.6 Å². The molecule has 6 aliphatic heterocycles. The normalized spacial score (nSPS) is 20.7. The van der Waals surface area contributed by atoms with Crippen LogP contribution in [0.25, 0.3) is 0 Å². The van der Waals surface area contributed by atoms with E-state index in [1.165, 1.54) is 68.1 Å². The Labute approximate surface area is 590 Å². The van der Waals surface area contributed by atoms with Gasteiger partial charge in [0.05, 0.1) is 52.2 Å². The molecule has 558 valence electrons. The van der Waals surface area contributed by atoms with Gasteiger partial charge in [0.1, 0.15) is 65.9 Å². The first-order chi connectivity index (χ1) is 49.2. The lowest BCUT2D eigenvalue weighted by Gasteiger charge is -2.28. The molecule has 2 aromatic carbocycles. The number of nitrogens with zero attached hydrogens (tertiary/aromatic N) is 6. The molecule has 0 spiro atoms. The third kappa shape index (κ3) is 21.1. The summed E-state index contributed by atoms with van der Waals surface area (Å²) in [7, 11) is 0. The fourth-order valence-electron chi connectivity index (χ4n) is 13.7. The molecule has 0 aliphatic carbocycles. The second-order valence-electron chi connectivity index (χ2n) is 25.9. The number of benzene rings is 2. The molecule has 0 unspecified atom stereocenters. The van der Waals surface area contributed by atoms with Gasteiger partial charge in [0.2, 0.25) is 88.6 Å². The van der Waals surface area contributed by atoms with E-state index in [2.05, 4.69) is 47.9 Å². The molecule has 6 heterocycles. The smallest absolute Gasteiger partial charge is 0.326 e. The molecule has 37 nitrogen and oxygen atoms in total. The number of carboxylic acid groups (broad SMARTS) is 2. The van der Waals surface area contributed by atoms with E-state index in [1.807, 2.05) is 0 Å². The zero-order chi connectivity index (χ0) is 74.6. The van der Waals surface area contributed by atoms with E-state index < -0.39 is 201 Å². The maximum atomic E-state index is 14.2. The number of likely N-dealkylation sites (tertiary alicyclic amines) is 6. The summed E-state index contributed by atoms with van der Waals surface area (Å²) in [6.07, 6.45) is 2.54. The zero-order valence-corrected chi connectivity index (χ0v) is 56.6. The number of phenolic OH excluding ortho intramolecular Hbond substituents is 2. The number of carbonyl (C=O) groups is 17. The molecule has 6 fully saturated rings. The lowest BCUT2D eigenvalue weighted by Crippen LogP contribution is -2.57. The Hall–Kier alpha value is -11.0. The number of carbonyl (C=O) groups excluding carboxylic acids is 15. The molecule has 6 aliphatic rings. The standard InChI is InChI=1S/C66H88N16O21/c67-30-51(86)77-21-1-7-44(77)62(98)72-35-54(89)80-24-4-10-47(80)64(100)76-42(28-38-15-19-40(84)20-16-38)59(95)70-33-53(88)79-23-3-9-46(79)63(99)73-36-55(90)81-25-5-11-48(81)65(101)75-41(27-37-13-17-39(83)18-14-37)58(94)69-32-52(87)78-22-2-8-45(78)61(97)68-31-50(85)74-43(29-57(92)93)60(96)71-34-56(91)82-26-6-12-49(82)66(102)103/h13-20,41-49,83-84H,1-12,21-36,67H2,(H,68,97)(H,69,94)(H,70,95)(H,71,96)(H,72,98)(H,73,99)(H,74,85)(H,75,101)(H,76,100)(H,92,93)(H,102,103)/t41-,42-,43-,44-,45-,46-,47-,48-,49-/m0/s1. The van der Waals surface area contributed by atoms with Gasteiger partial charge in [0, 0.05) is 52.1 Å². The lowest BCUT2D eigenvalue weighted by atomic mass is 10.0. The Bertz CT molecular complexity index is 3560. The molecule has 0 radical (unpaired) electrons. The monoisotopic (exact) mass is 1440 g/mol. The highest BCUT2D eigenvalue weighted by atomic mass is 16.4. The molecule has 37 heteroatoms. The minimum atomic E-state index is -1.71. The molecular weight excluding hydrogens is 1350 g/mol. The first kappa shape index (κ1) is 77.7. The highest BCUT2D eigenvalue weighted by Crippen LogP contribution is 2.24. The Balaban J connectivity index is 0.805. The van der Waals surface area contributed by atoms with Gasteiger partial charge in [-0.3, -0.25) is 76.7 Å². The fraction of sp³-hybridized carbons (Fsp3) is 0.561. The van der Waals surface area contributed by atoms with Crippen molar-refractivity contribution < 1.29 is 102 Å². The molecule has 8 rings (SSSR count). The summed E-state index contributed by atoms with van der Waals surface area (Å²) in [5.74, 6) is -13.9. The summed E-state index contributed by atoms with van der Waals surface area (Å²) in [5, 5.41) is 61.1. The average molecular weight is 1440 g/mol. The van der Waals surface area contributed by atoms with Gasteiger partial charge in [-0.05, 0) is 112 Å². The molecule has 15 N–H and O–H groups in total. The van der Waals surface area contributed by atoms with Crippen molar-refractivity contribution in [1.82, 2.24) is 77.3 Å². The van der Waals surface area contributed by atoms with Gasteiger partial charge in [-0.2, -0.15) is 0 Å². The summed E-state index contributed by atoms with van der Waals surface area (Å²) in [4.78, 5) is 233. The van der Waals surface area contributed by atoms with Gasteiger partial charge in [0.15, 0.2) is 0 Å². The van der Waals surface area contributed by atoms with E-state index >= 15 is 0 Å². The van der Waals surface area contributed by atoms with E-state index in [1.54, 1.807) is 0 Å². The first-order valence-corrected chi connectivity index (χ1v) is 34.2. The Morgan fingerprint density at radius 1 is 0.359 bits per heavy atom. The molecule has 9 atom stereocenters. The number of hydrogen-bond acceptors (Lipinski definition) is 20. The quantitative estimate of drug-likeness (QED) is 0.0334. The summed E-state index contributed by atoms with van der Waals surface area (Å²) in [6, 6.07) is 0.811. The van der Waals surface area contributed by atoms with Gasteiger partial charge in [-0.15, -0.1) is 0 Å². The van der Waals surface area contributed by atoms with Crippen LogP contribution in [0.1, 0.15) is 94.6 Å². The number of carboxylic acids is 2.